The Hall–Kier alpha value is -3.10. The van der Waals surface area contributed by atoms with Crippen molar-refractivity contribution in [1.82, 2.24) is 29.5 Å². The quantitative estimate of drug-likeness (QED) is 0.508. The molecule has 7 nitrogen and oxygen atoms in total. The van der Waals surface area contributed by atoms with Crippen molar-refractivity contribution in [3.05, 3.63) is 47.7 Å². The number of pyridine rings is 2. The lowest BCUT2D eigenvalue weighted by Crippen LogP contribution is -1.95. The fourth-order valence-corrected chi connectivity index (χ4v) is 4.40. The summed E-state index contributed by atoms with van der Waals surface area (Å²) in [5, 5.41) is 20.7. The van der Waals surface area contributed by atoms with Crippen molar-refractivity contribution < 1.29 is 5.11 Å². The Morgan fingerprint density at radius 2 is 2.04 bits per heavy atom. The molecule has 0 saturated carbocycles. The SMILES string of the molecule is C[C@H](O)c1cc2c(-c3ccnn3C)cc(-c3cnc4nn(C)cc4c3)nc2s1. The molecule has 0 bridgehead atoms. The first-order chi connectivity index (χ1) is 13.5. The van der Waals surface area contributed by atoms with Crippen molar-refractivity contribution in [2.45, 2.75) is 13.0 Å². The average Bonchev–Trinajstić information content (AvgIpc) is 3.36. The van der Waals surface area contributed by atoms with Gasteiger partial charge in [-0.1, -0.05) is 0 Å². The number of thiophene rings is 1. The zero-order valence-corrected chi connectivity index (χ0v) is 16.5. The zero-order chi connectivity index (χ0) is 19.4. The number of aromatic nitrogens is 6. The third-order valence-corrected chi connectivity index (χ3v) is 6.00. The van der Waals surface area contributed by atoms with Gasteiger partial charge in [0.15, 0.2) is 5.65 Å². The van der Waals surface area contributed by atoms with Crippen molar-refractivity contribution >= 4 is 32.6 Å². The van der Waals surface area contributed by atoms with Crippen LogP contribution in [0.1, 0.15) is 17.9 Å². The Labute approximate surface area is 164 Å². The average molecular weight is 390 g/mol. The topological polar surface area (TPSA) is 81.7 Å². The number of hydrogen-bond donors (Lipinski definition) is 1. The number of fused-ring (bicyclic) bond motifs is 2. The summed E-state index contributed by atoms with van der Waals surface area (Å²) in [6.45, 7) is 1.77. The first-order valence-corrected chi connectivity index (χ1v) is 9.72. The molecule has 0 unspecified atom stereocenters. The highest BCUT2D eigenvalue weighted by atomic mass is 32.1. The second kappa shape index (κ2) is 6.22. The lowest BCUT2D eigenvalue weighted by atomic mass is 10.0. The normalized spacial score (nSPS) is 12.9. The van der Waals surface area contributed by atoms with E-state index in [1.54, 1.807) is 24.0 Å². The Kier molecular flexibility index (Phi) is 3.78. The van der Waals surface area contributed by atoms with Crippen LogP contribution in [0.25, 0.3) is 43.8 Å². The summed E-state index contributed by atoms with van der Waals surface area (Å²) in [6.07, 6.45) is 5.00. The maximum absolute atomic E-state index is 10.1. The Morgan fingerprint density at radius 3 is 2.79 bits per heavy atom. The van der Waals surface area contributed by atoms with Crippen molar-refractivity contribution in [2.24, 2.45) is 14.1 Å². The van der Waals surface area contributed by atoms with Crippen LogP contribution >= 0.6 is 11.3 Å². The van der Waals surface area contributed by atoms with Gasteiger partial charge in [0.2, 0.25) is 0 Å². The molecule has 0 fully saturated rings. The van der Waals surface area contributed by atoms with Gasteiger partial charge in [-0.2, -0.15) is 10.2 Å². The van der Waals surface area contributed by atoms with E-state index < -0.39 is 6.10 Å². The van der Waals surface area contributed by atoms with Crippen LogP contribution in [0, 0.1) is 0 Å². The number of nitrogens with zero attached hydrogens (tertiary/aromatic N) is 6. The molecule has 0 aliphatic carbocycles. The number of rotatable bonds is 3. The van der Waals surface area contributed by atoms with E-state index >= 15 is 0 Å². The van der Waals surface area contributed by atoms with Crippen LogP contribution in [0.2, 0.25) is 0 Å². The first-order valence-electron chi connectivity index (χ1n) is 8.90. The third kappa shape index (κ3) is 2.69. The fraction of sp³-hybridized carbons (Fsp3) is 0.200. The summed E-state index contributed by atoms with van der Waals surface area (Å²) in [5.74, 6) is 0. The molecule has 28 heavy (non-hydrogen) atoms. The highest BCUT2D eigenvalue weighted by molar-refractivity contribution is 7.18. The molecule has 5 rings (SSSR count). The molecule has 5 aromatic rings. The Bertz CT molecular complexity index is 1330. The van der Waals surface area contributed by atoms with E-state index in [1.807, 2.05) is 37.1 Å². The highest BCUT2D eigenvalue weighted by Gasteiger charge is 2.17. The Balaban J connectivity index is 1.77. The minimum Gasteiger partial charge on any atom is -0.388 e. The maximum atomic E-state index is 10.1. The number of aryl methyl sites for hydroxylation is 2. The zero-order valence-electron chi connectivity index (χ0n) is 15.7. The molecule has 0 aliphatic rings. The van der Waals surface area contributed by atoms with Crippen LogP contribution in [-0.4, -0.2) is 34.6 Å². The van der Waals surface area contributed by atoms with Crippen LogP contribution in [-0.2, 0) is 14.1 Å². The van der Waals surface area contributed by atoms with Crippen molar-refractivity contribution in [3.8, 4) is 22.5 Å². The molecule has 0 aliphatic heterocycles. The van der Waals surface area contributed by atoms with E-state index in [2.05, 4.69) is 27.3 Å². The van der Waals surface area contributed by atoms with E-state index in [-0.39, 0.29) is 0 Å². The van der Waals surface area contributed by atoms with Crippen LogP contribution in [0.4, 0.5) is 0 Å². The lowest BCUT2D eigenvalue weighted by Gasteiger charge is -2.08. The standard InChI is InChI=1S/C20H18N6OS/c1-11(27)18-8-15-14(17-4-5-22-26(17)3)7-16(23-20(15)28-18)12-6-13-10-25(2)24-19(13)21-9-12/h4-11,27H,1-3H3/t11-/m0/s1. The number of hydrogen-bond acceptors (Lipinski definition) is 6. The van der Waals surface area contributed by atoms with Gasteiger partial charge in [-0.05, 0) is 31.2 Å². The van der Waals surface area contributed by atoms with Crippen LogP contribution in [0.15, 0.2) is 42.9 Å². The molecule has 0 amide bonds. The summed E-state index contributed by atoms with van der Waals surface area (Å²) in [7, 11) is 3.81. The summed E-state index contributed by atoms with van der Waals surface area (Å²) < 4.78 is 3.61. The summed E-state index contributed by atoms with van der Waals surface area (Å²) in [6, 6.07) is 8.13. The van der Waals surface area contributed by atoms with E-state index in [0.29, 0.717) is 5.65 Å². The molecular formula is C20H18N6OS. The van der Waals surface area contributed by atoms with E-state index in [1.165, 1.54) is 11.3 Å². The molecule has 0 spiro atoms. The molecule has 0 saturated heterocycles. The van der Waals surface area contributed by atoms with E-state index in [9.17, 15) is 5.11 Å². The minimum atomic E-state index is -0.532. The van der Waals surface area contributed by atoms with Gasteiger partial charge in [-0.15, -0.1) is 11.3 Å². The van der Waals surface area contributed by atoms with E-state index in [4.69, 9.17) is 4.98 Å². The highest BCUT2D eigenvalue weighted by Crippen LogP contribution is 2.38. The summed E-state index contributed by atoms with van der Waals surface area (Å²) in [4.78, 5) is 11.1. The molecule has 0 radical (unpaired) electrons. The largest absolute Gasteiger partial charge is 0.388 e. The van der Waals surface area contributed by atoms with Crippen LogP contribution in [0.5, 0.6) is 0 Å². The van der Waals surface area contributed by atoms with Gasteiger partial charge in [0, 0.05) is 59.5 Å². The molecule has 1 atom stereocenters. The molecule has 5 aromatic heterocycles. The van der Waals surface area contributed by atoms with Gasteiger partial charge in [0.25, 0.3) is 0 Å². The third-order valence-electron chi connectivity index (χ3n) is 4.80. The molecule has 1 N–H and O–H groups in total. The monoisotopic (exact) mass is 390 g/mol. The number of aliphatic hydroxyl groups excluding tert-OH is 1. The second-order valence-corrected chi connectivity index (χ2v) is 7.94. The molecular weight excluding hydrogens is 372 g/mol. The lowest BCUT2D eigenvalue weighted by molar-refractivity contribution is 0.203. The predicted octanol–water partition coefficient (Wildman–Crippen LogP) is 3.70. The molecule has 8 heteroatoms. The molecule has 140 valence electrons. The summed E-state index contributed by atoms with van der Waals surface area (Å²) >= 11 is 1.51. The van der Waals surface area contributed by atoms with E-state index in [0.717, 1.165) is 43.0 Å². The smallest absolute Gasteiger partial charge is 0.181 e. The van der Waals surface area contributed by atoms with Gasteiger partial charge < -0.3 is 5.11 Å². The van der Waals surface area contributed by atoms with Crippen LogP contribution < -0.4 is 0 Å². The fourth-order valence-electron chi connectivity index (χ4n) is 3.41. The second-order valence-electron chi connectivity index (χ2n) is 6.88. The molecule has 0 aromatic carbocycles. The van der Waals surface area contributed by atoms with Gasteiger partial charge in [-0.3, -0.25) is 9.36 Å². The first kappa shape index (κ1) is 17.0. The van der Waals surface area contributed by atoms with Gasteiger partial charge in [-0.25, -0.2) is 9.97 Å². The number of aliphatic hydroxyl groups is 1. The Morgan fingerprint density at radius 1 is 1.18 bits per heavy atom. The van der Waals surface area contributed by atoms with Gasteiger partial charge in [0.1, 0.15) is 4.83 Å². The van der Waals surface area contributed by atoms with Crippen LogP contribution in [0.3, 0.4) is 0 Å². The van der Waals surface area contributed by atoms with Crippen molar-refractivity contribution in [3.63, 3.8) is 0 Å². The van der Waals surface area contributed by atoms with Gasteiger partial charge in [0.05, 0.1) is 17.5 Å². The van der Waals surface area contributed by atoms with Crippen molar-refractivity contribution in [1.29, 1.82) is 0 Å². The maximum Gasteiger partial charge on any atom is 0.181 e. The summed E-state index contributed by atoms with van der Waals surface area (Å²) in [5.41, 5.74) is 4.51. The van der Waals surface area contributed by atoms with Gasteiger partial charge >= 0.3 is 0 Å². The van der Waals surface area contributed by atoms with Crippen molar-refractivity contribution in [2.75, 3.05) is 0 Å². The minimum absolute atomic E-state index is 0.532. The molecule has 5 heterocycles. The predicted molar refractivity (Wildman–Crippen MR) is 110 cm³/mol.